The normalized spacial score (nSPS) is 22.1. The second-order valence-corrected chi connectivity index (χ2v) is 5.72. The number of benzene rings is 1. The number of carboxylic acid groups (broad SMARTS) is 1. The van der Waals surface area contributed by atoms with Crippen LogP contribution in [0.3, 0.4) is 0 Å². The molecule has 0 aromatic heterocycles. The van der Waals surface area contributed by atoms with Gasteiger partial charge >= 0.3 is 5.97 Å². The first-order valence-electron chi connectivity index (χ1n) is 6.27. The number of halogens is 2. The van der Waals surface area contributed by atoms with E-state index in [0.717, 1.165) is 0 Å². The zero-order valence-electron chi connectivity index (χ0n) is 11.0. The zero-order chi connectivity index (χ0) is 14.9. The molecule has 1 amide bonds. The Balaban J connectivity index is 2.09. The first kappa shape index (κ1) is 14.8. The van der Waals surface area contributed by atoms with Crippen LogP contribution in [0.1, 0.15) is 18.9 Å². The van der Waals surface area contributed by atoms with Gasteiger partial charge in [0.2, 0.25) is 5.91 Å². The van der Waals surface area contributed by atoms with Gasteiger partial charge in [-0.1, -0.05) is 17.7 Å². The number of likely N-dealkylation sites (tertiary alicyclic amines) is 1. The average molecular weight is 300 g/mol. The molecule has 1 fully saturated rings. The highest BCUT2D eigenvalue weighted by atomic mass is 35.5. The summed E-state index contributed by atoms with van der Waals surface area (Å²) in [5, 5.41) is 9.34. The number of nitrogens with zero attached hydrogens (tertiary/aromatic N) is 1. The van der Waals surface area contributed by atoms with Crippen LogP contribution in [0, 0.1) is 11.2 Å². The summed E-state index contributed by atoms with van der Waals surface area (Å²) >= 11 is 5.88. The summed E-state index contributed by atoms with van der Waals surface area (Å²) in [6.07, 6.45) is 0.250. The van der Waals surface area contributed by atoms with Gasteiger partial charge < -0.3 is 10.0 Å². The number of aliphatic carboxylic acids is 1. The Morgan fingerprint density at radius 2 is 2.20 bits per heavy atom. The summed E-state index contributed by atoms with van der Waals surface area (Å²) in [5.74, 6) is -1.75. The number of carbonyl (C=O) groups is 2. The third-order valence-corrected chi connectivity index (χ3v) is 4.09. The molecule has 0 unspecified atom stereocenters. The molecule has 2 rings (SSSR count). The van der Waals surface area contributed by atoms with Crippen LogP contribution in [0.2, 0.25) is 5.02 Å². The summed E-state index contributed by atoms with van der Waals surface area (Å²) in [5.41, 5.74) is -0.766. The number of amides is 1. The molecule has 0 spiro atoms. The van der Waals surface area contributed by atoms with Gasteiger partial charge in [-0.3, -0.25) is 9.59 Å². The van der Waals surface area contributed by atoms with Crippen molar-refractivity contribution in [3.05, 3.63) is 34.6 Å². The maximum absolute atomic E-state index is 13.6. The van der Waals surface area contributed by atoms with Crippen LogP contribution in [0.5, 0.6) is 0 Å². The molecule has 1 aliphatic heterocycles. The molecule has 1 aromatic rings. The maximum atomic E-state index is 13.6. The molecule has 0 saturated carbocycles. The van der Waals surface area contributed by atoms with Crippen LogP contribution >= 0.6 is 11.6 Å². The lowest BCUT2D eigenvalue weighted by Crippen LogP contribution is -2.35. The minimum Gasteiger partial charge on any atom is -0.481 e. The van der Waals surface area contributed by atoms with E-state index in [0.29, 0.717) is 13.0 Å². The Bertz CT molecular complexity index is 543. The summed E-state index contributed by atoms with van der Waals surface area (Å²) in [7, 11) is 0. The van der Waals surface area contributed by atoms with E-state index in [1.54, 1.807) is 6.92 Å². The largest absolute Gasteiger partial charge is 0.481 e. The van der Waals surface area contributed by atoms with Crippen molar-refractivity contribution in [3.63, 3.8) is 0 Å². The lowest BCUT2D eigenvalue weighted by atomic mass is 9.90. The average Bonchev–Trinajstić information content (AvgIpc) is 2.78. The van der Waals surface area contributed by atoms with Crippen molar-refractivity contribution in [1.82, 2.24) is 4.90 Å². The molecule has 1 aromatic carbocycles. The second kappa shape index (κ2) is 5.40. The van der Waals surface area contributed by atoms with E-state index in [-0.39, 0.29) is 29.5 Å². The molecule has 20 heavy (non-hydrogen) atoms. The van der Waals surface area contributed by atoms with E-state index in [1.807, 2.05) is 0 Å². The summed E-state index contributed by atoms with van der Waals surface area (Å²) in [6.45, 7) is 2.12. The minimum atomic E-state index is -0.922. The Hall–Kier alpha value is -1.62. The van der Waals surface area contributed by atoms with Gasteiger partial charge in [-0.05, 0) is 25.5 Å². The number of hydrogen-bond acceptors (Lipinski definition) is 2. The van der Waals surface area contributed by atoms with E-state index < -0.39 is 17.2 Å². The Labute approximate surface area is 121 Å². The zero-order valence-corrected chi connectivity index (χ0v) is 11.8. The first-order chi connectivity index (χ1) is 9.33. The van der Waals surface area contributed by atoms with Gasteiger partial charge in [0.25, 0.3) is 0 Å². The van der Waals surface area contributed by atoms with Crippen molar-refractivity contribution in [2.75, 3.05) is 13.1 Å². The smallest absolute Gasteiger partial charge is 0.311 e. The fourth-order valence-electron chi connectivity index (χ4n) is 2.31. The molecule has 1 aliphatic rings. The number of rotatable bonds is 3. The van der Waals surface area contributed by atoms with Crippen LogP contribution in [0.4, 0.5) is 4.39 Å². The van der Waals surface area contributed by atoms with Crippen molar-refractivity contribution in [1.29, 1.82) is 0 Å². The van der Waals surface area contributed by atoms with Crippen LogP contribution < -0.4 is 0 Å². The molecular weight excluding hydrogens is 285 g/mol. The molecule has 4 nitrogen and oxygen atoms in total. The minimum absolute atomic E-state index is 0.146. The predicted octanol–water partition coefficient (Wildman–Crippen LogP) is 2.34. The van der Waals surface area contributed by atoms with Crippen molar-refractivity contribution < 1.29 is 19.1 Å². The first-order valence-corrected chi connectivity index (χ1v) is 6.65. The summed E-state index contributed by atoms with van der Waals surface area (Å²) < 4.78 is 13.6. The highest BCUT2D eigenvalue weighted by Gasteiger charge is 2.42. The van der Waals surface area contributed by atoms with Gasteiger partial charge in [0.1, 0.15) is 5.82 Å². The molecule has 0 aliphatic carbocycles. The number of carboxylic acids is 1. The van der Waals surface area contributed by atoms with E-state index in [1.165, 1.54) is 23.1 Å². The molecule has 0 radical (unpaired) electrons. The van der Waals surface area contributed by atoms with E-state index in [9.17, 15) is 14.0 Å². The summed E-state index contributed by atoms with van der Waals surface area (Å²) in [4.78, 5) is 24.7. The lowest BCUT2D eigenvalue weighted by molar-refractivity contribution is -0.147. The Kier molecular flexibility index (Phi) is 3.99. The third-order valence-electron chi connectivity index (χ3n) is 3.73. The molecule has 0 bridgehead atoms. The number of hydrogen-bond donors (Lipinski definition) is 1. The Morgan fingerprint density at radius 1 is 1.50 bits per heavy atom. The quantitative estimate of drug-likeness (QED) is 0.932. The third kappa shape index (κ3) is 2.77. The van der Waals surface area contributed by atoms with E-state index in [4.69, 9.17) is 16.7 Å². The van der Waals surface area contributed by atoms with Crippen LogP contribution in [0.25, 0.3) is 0 Å². The Morgan fingerprint density at radius 3 is 2.75 bits per heavy atom. The highest BCUT2D eigenvalue weighted by molar-refractivity contribution is 6.31. The molecule has 108 valence electrons. The molecule has 1 heterocycles. The summed E-state index contributed by atoms with van der Waals surface area (Å²) in [6, 6.07) is 4.25. The topological polar surface area (TPSA) is 57.6 Å². The second-order valence-electron chi connectivity index (χ2n) is 5.31. The van der Waals surface area contributed by atoms with Crippen molar-refractivity contribution in [2.24, 2.45) is 5.41 Å². The van der Waals surface area contributed by atoms with Gasteiger partial charge in [-0.25, -0.2) is 4.39 Å². The van der Waals surface area contributed by atoms with Crippen molar-refractivity contribution in [3.8, 4) is 0 Å². The lowest BCUT2D eigenvalue weighted by Gasteiger charge is -2.20. The molecular formula is C14H15ClFNO3. The molecule has 1 atom stereocenters. The maximum Gasteiger partial charge on any atom is 0.311 e. The van der Waals surface area contributed by atoms with Crippen molar-refractivity contribution in [2.45, 2.75) is 19.8 Å². The molecule has 6 heteroatoms. The van der Waals surface area contributed by atoms with Gasteiger partial charge in [-0.15, -0.1) is 0 Å². The van der Waals surface area contributed by atoms with Gasteiger partial charge in [0.05, 0.1) is 11.8 Å². The van der Waals surface area contributed by atoms with Gasteiger partial charge in [-0.2, -0.15) is 0 Å². The van der Waals surface area contributed by atoms with Crippen LogP contribution in [0.15, 0.2) is 18.2 Å². The highest BCUT2D eigenvalue weighted by Crippen LogP contribution is 2.31. The van der Waals surface area contributed by atoms with E-state index in [2.05, 4.69) is 0 Å². The number of carbonyl (C=O) groups excluding carboxylic acids is 1. The predicted molar refractivity (Wildman–Crippen MR) is 72.1 cm³/mol. The van der Waals surface area contributed by atoms with Crippen molar-refractivity contribution >= 4 is 23.5 Å². The van der Waals surface area contributed by atoms with Gasteiger partial charge in [0, 0.05) is 23.7 Å². The fourth-order valence-corrected chi connectivity index (χ4v) is 2.54. The molecule has 1 N–H and O–H groups in total. The molecule has 1 saturated heterocycles. The monoisotopic (exact) mass is 299 g/mol. The SMILES string of the molecule is C[C@@]1(C(=O)O)CCN(C(=O)Cc2c(F)cccc2Cl)C1. The van der Waals surface area contributed by atoms with E-state index >= 15 is 0 Å². The van der Waals surface area contributed by atoms with Crippen LogP contribution in [-0.4, -0.2) is 35.0 Å². The van der Waals surface area contributed by atoms with Gasteiger partial charge in [0.15, 0.2) is 0 Å². The fraction of sp³-hybridized carbons (Fsp3) is 0.429. The van der Waals surface area contributed by atoms with Crippen LogP contribution in [-0.2, 0) is 16.0 Å². The standard InChI is InChI=1S/C14H15ClFNO3/c1-14(13(19)20)5-6-17(8-14)12(18)7-9-10(15)3-2-4-11(9)16/h2-4H,5-8H2,1H3,(H,19,20)/t14-/m1/s1.